The third-order valence-corrected chi connectivity index (χ3v) is 13.7. The van der Waals surface area contributed by atoms with Gasteiger partial charge in [-0.25, -0.2) is 0 Å². The maximum absolute atomic E-state index is 14.8. The number of ketones is 1. The highest BCUT2D eigenvalue weighted by molar-refractivity contribution is 5.99. The van der Waals surface area contributed by atoms with Crippen molar-refractivity contribution in [1.29, 1.82) is 0 Å². The molecular weight excluding hydrogens is 702 g/mol. The van der Waals surface area contributed by atoms with Crippen molar-refractivity contribution in [2.24, 2.45) is 35.5 Å². The molecule has 0 aromatic carbocycles. The number of ether oxygens (including phenoxy) is 8. The van der Waals surface area contributed by atoms with Gasteiger partial charge in [-0.1, -0.05) is 38.2 Å². The fourth-order valence-corrected chi connectivity index (χ4v) is 10.8. The van der Waals surface area contributed by atoms with Gasteiger partial charge in [0.1, 0.15) is 23.9 Å². The summed E-state index contributed by atoms with van der Waals surface area (Å²) in [6, 6.07) is 0.326. The molecule has 0 bridgehead atoms. The molecule has 3 aliphatic heterocycles. The summed E-state index contributed by atoms with van der Waals surface area (Å²) in [5, 5.41) is 0. The Bertz CT molecular complexity index is 1410. The zero-order chi connectivity index (χ0) is 39.6. The van der Waals surface area contributed by atoms with Crippen molar-refractivity contribution in [1.82, 2.24) is 4.90 Å². The molecule has 11 nitrogen and oxygen atoms in total. The van der Waals surface area contributed by atoms with Crippen LogP contribution in [0.3, 0.4) is 0 Å². The van der Waals surface area contributed by atoms with E-state index in [9.17, 15) is 9.59 Å². The normalized spacial score (nSPS) is 45.4. The molecule has 17 atom stereocenters. The third kappa shape index (κ3) is 9.20. The number of hydrogen-bond donors (Lipinski definition) is 0. The van der Waals surface area contributed by atoms with E-state index in [1.165, 1.54) is 0 Å². The Balaban J connectivity index is 1.24. The van der Waals surface area contributed by atoms with Gasteiger partial charge in [0.05, 0.1) is 30.8 Å². The summed E-state index contributed by atoms with van der Waals surface area (Å²) in [4.78, 5) is 30.9. The Morgan fingerprint density at radius 1 is 0.891 bits per heavy atom. The molecule has 11 heteroatoms. The largest absolute Gasteiger partial charge is 0.455 e. The summed E-state index contributed by atoms with van der Waals surface area (Å²) in [5.41, 5.74) is 0.00539. The molecule has 3 saturated heterocycles. The number of hydrogen-bond acceptors (Lipinski definition) is 11. The molecule has 4 fully saturated rings. The van der Waals surface area contributed by atoms with Crippen LogP contribution in [0.5, 0.6) is 0 Å². The highest BCUT2D eigenvalue weighted by Gasteiger charge is 2.53. The molecule has 6 aliphatic rings. The molecule has 310 valence electrons. The second kappa shape index (κ2) is 18.3. The van der Waals surface area contributed by atoms with Crippen molar-refractivity contribution in [3.05, 3.63) is 36.0 Å². The van der Waals surface area contributed by atoms with Gasteiger partial charge >= 0.3 is 5.97 Å². The molecule has 1 saturated carbocycles. The smallest absolute Gasteiger partial charge is 0.307 e. The number of cyclic esters (lactones) is 1. The second-order valence-electron chi connectivity index (χ2n) is 17.5. The predicted octanol–water partition coefficient (Wildman–Crippen LogP) is 6.43. The van der Waals surface area contributed by atoms with Crippen LogP contribution in [0.25, 0.3) is 0 Å². The monoisotopic (exact) mass is 771 g/mol. The molecule has 55 heavy (non-hydrogen) atoms. The Kier molecular flexibility index (Phi) is 14.2. The zero-order valence-electron chi connectivity index (χ0n) is 35.0. The third-order valence-electron chi connectivity index (χ3n) is 13.7. The lowest BCUT2D eigenvalue weighted by Crippen LogP contribution is -2.59. The summed E-state index contributed by atoms with van der Waals surface area (Å²) >= 11 is 0. The zero-order valence-corrected chi connectivity index (χ0v) is 35.0. The summed E-state index contributed by atoms with van der Waals surface area (Å²) < 4.78 is 50.0. The Labute approximate surface area is 329 Å². The van der Waals surface area contributed by atoms with Crippen LogP contribution >= 0.6 is 0 Å². The van der Waals surface area contributed by atoms with Crippen LogP contribution in [0.2, 0.25) is 0 Å². The minimum absolute atomic E-state index is 0.0157. The van der Waals surface area contributed by atoms with Gasteiger partial charge in [0, 0.05) is 39.2 Å². The van der Waals surface area contributed by atoms with E-state index < -0.39 is 23.9 Å². The summed E-state index contributed by atoms with van der Waals surface area (Å²) in [6.45, 7) is 10.2. The quantitative estimate of drug-likeness (QED) is 0.181. The van der Waals surface area contributed by atoms with E-state index in [0.29, 0.717) is 18.9 Å². The van der Waals surface area contributed by atoms with Crippen molar-refractivity contribution in [2.45, 2.75) is 159 Å². The Morgan fingerprint density at radius 2 is 1.64 bits per heavy atom. The SMILES string of the molecule is CC/C=C/[C@@]1(C)CCC[C@H](O[C@H]2CC[C@H](N(C)C)[C@@H](C)O2)[C@@H](C)C(=O)C2=C[C@@H]3[C@@H](C=C[C@@H]4C[C@@H](O[C@@H]5O[C@@H](C)[C@H](OC)[C@@H](OC)[C@H]5OC)C[C@@H]34)[C@@H]2CC(=O)O1. The van der Waals surface area contributed by atoms with Gasteiger partial charge < -0.3 is 42.8 Å². The first-order valence-electron chi connectivity index (χ1n) is 21.0. The molecule has 0 unspecified atom stereocenters. The number of fused-ring (bicyclic) bond motifs is 5. The summed E-state index contributed by atoms with van der Waals surface area (Å²) in [7, 11) is 9.15. The van der Waals surface area contributed by atoms with Crippen molar-refractivity contribution >= 4 is 11.8 Å². The lowest BCUT2D eigenvalue weighted by molar-refractivity contribution is -0.314. The van der Waals surface area contributed by atoms with E-state index in [2.05, 4.69) is 57.1 Å². The fourth-order valence-electron chi connectivity index (χ4n) is 10.8. The lowest BCUT2D eigenvalue weighted by atomic mass is 9.70. The molecule has 0 radical (unpaired) electrons. The molecule has 0 aromatic rings. The van der Waals surface area contributed by atoms with E-state index in [4.69, 9.17) is 37.9 Å². The number of Topliss-reactive ketones (excluding diaryl/α,β-unsaturated/α-hetero) is 1. The summed E-state index contributed by atoms with van der Waals surface area (Å²) in [6.07, 6.45) is 14.7. The fraction of sp³-hybridized carbons (Fsp3) is 0.818. The number of carbonyl (C=O) groups is 2. The first-order valence-corrected chi connectivity index (χ1v) is 21.0. The number of allylic oxidation sites excluding steroid dienone is 5. The number of rotatable bonds is 10. The first kappa shape index (κ1) is 42.6. The molecular formula is C44H69NO10. The van der Waals surface area contributed by atoms with Crippen LogP contribution in [0.4, 0.5) is 0 Å². The van der Waals surface area contributed by atoms with Gasteiger partial charge in [-0.2, -0.15) is 0 Å². The van der Waals surface area contributed by atoms with E-state index in [-0.39, 0.29) is 90.7 Å². The highest BCUT2D eigenvalue weighted by atomic mass is 16.7. The van der Waals surface area contributed by atoms with Crippen molar-refractivity contribution in [3.8, 4) is 0 Å². The Hall–Kier alpha value is -1.96. The van der Waals surface area contributed by atoms with Gasteiger partial charge in [0.2, 0.25) is 0 Å². The lowest BCUT2D eigenvalue weighted by Gasteiger charge is -2.44. The van der Waals surface area contributed by atoms with Crippen LogP contribution < -0.4 is 0 Å². The maximum Gasteiger partial charge on any atom is 0.307 e. The van der Waals surface area contributed by atoms with Gasteiger partial charge in [0.15, 0.2) is 18.4 Å². The minimum atomic E-state index is -0.742. The standard InChI is InChI=1S/C44H69NO10/c1-11-12-19-44(5)20-13-14-36(54-38-18-17-35(45(6)7)26(3)51-38)25(2)39(47)34-23-32-30(33(34)24-37(46)55-44)16-15-28-21-29(22-31(28)32)53-43-42(50-10)41(49-9)40(48-8)27(4)52-43/h12,15-16,19,23,25-33,35-36,38,40-43H,11,13-14,17-18,20-22,24H2,1-10H3/b19-12+/t25-,26-,27+,28-,29-,30-,31-,32-,33+,35+,36+,38+,40+,41-,42-,43+,44+/m1/s1. The van der Waals surface area contributed by atoms with Crippen LogP contribution in [0.1, 0.15) is 92.4 Å². The number of likely N-dealkylation sites (N-methyl/N-ethyl adjacent to an activating group) is 1. The molecule has 3 heterocycles. The average molecular weight is 772 g/mol. The predicted molar refractivity (Wildman–Crippen MR) is 208 cm³/mol. The van der Waals surface area contributed by atoms with Crippen LogP contribution in [-0.2, 0) is 47.5 Å². The highest BCUT2D eigenvalue weighted by Crippen LogP contribution is 2.54. The maximum atomic E-state index is 14.8. The van der Waals surface area contributed by atoms with Crippen molar-refractivity contribution < 1.29 is 47.5 Å². The van der Waals surface area contributed by atoms with Crippen LogP contribution in [0, 0.1) is 35.5 Å². The minimum Gasteiger partial charge on any atom is -0.455 e. The molecule has 0 aromatic heterocycles. The molecule has 0 amide bonds. The number of nitrogens with zero attached hydrogens (tertiary/aromatic N) is 1. The molecule has 3 aliphatic carbocycles. The van der Waals surface area contributed by atoms with Crippen LogP contribution in [0.15, 0.2) is 36.0 Å². The van der Waals surface area contributed by atoms with Crippen molar-refractivity contribution in [2.75, 3.05) is 35.4 Å². The van der Waals surface area contributed by atoms with E-state index in [1.807, 2.05) is 26.8 Å². The first-order chi connectivity index (χ1) is 26.3. The number of carbonyl (C=O) groups excluding carboxylic acids is 2. The molecule has 0 N–H and O–H groups in total. The molecule has 6 rings (SSSR count). The van der Waals surface area contributed by atoms with Gasteiger partial charge in [-0.3, -0.25) is 9.59 Å². The second-order valence-corrected chi connectivity index (χ2v) is 17.5. The van der Waals surface area contributed by atoms with E-state index in [0.717, 1.165) is 44.1 Å². The van der Waals surface area contributed by atoms with Gasteiger partial charge in [-0.05, 0) is 122 Å². The van der Waals surface area contributed by atoms with E-state index >= 15 is 0 Å². The van der Waals surface area contributed by atoms with Crippen molar-refractivity contribution in [3.63, 3.8) is 0 Å². The van der Waals surface area contributed by atoms with Gasteiger partial charge in [0.25, 0.3) is 0 Å². The average Bonchev–Trinajstić information content (AvgIpc) is 3.73. The Morgan fingerprint density at radius 3 is 2.31 bits per heavy atom. The number of esters is 1. The summed E-state index contributed by atoms with van der Waals surface area (Å²) in [5.74, 6) is -0.196. The van der Waals surface area contributed by atoms with Crippen LogP contribution in [-0.4, -0.2) is 119 Å². The topological polar surface area (TPSA) is 111 Å². The van der Waals surface area contributed by atoms with Gasteiger partial charge in [-0.15, -0.1) is 0 Å². The van der Waals surface area contributed by atoms with E-state index in [1.54, 1.807) is 21.3 Å². The number of methoxy groups -OCH3 is 3. The molecule has 0 spiro atoms.